The molecule has 0 unspecified atom stereocenters. The van der Waals surface area contributed by atoms with Crippen molar-refractivity contribution in [2.75, 3.05) is 13.6 Å². The molecule has 0 atom stereocenters. The van der Waals surface area contributed by atoms with Crippen molar-refractivity contribution in [1.82, 2.24) is 4.90 Å². The predicted molar refractivity (Wildman–Crippen MR) is 52.6 cm³/mol. The number of allylic oxidation sites excluding steroid dienone is 1. The Morgan fingerprint density at radius 1 is 1.58 bits per heavy atom. The maximum absolute atomic E-state index is 4.29. The highest BCUT2D eigenvalue weighted by Crippen LogP contribution is 2.15. The predicted octanol–water partition coefficient (Wildman–Crippen LogP) is 1.67. The van der Waals surface area contributed by atoms with Gasteiger partial charge in [-0.05, 0) is 26.3 Å². The molecule has 3 heteroatoms. The Bertz CT molecular complexity index is 257. The molecule has 0 spiro atoms. The van der Waals surface area contributed by atoms with Crippen molar-refractivity contribution >= 4 is 12.2 Å². The van der Waals surface area contributed by atoms with Crippen LogP contribution in [0.2, 0.25) is 0 Å². The topological polar surface area (TPSA) is 28.0 Å². The molecule has 12 heavy (non-hydrogen) atoms. The second-order valence-electron chi connectivity index (χ2n) is 2.93. The van der Waals surface area contributed by atoms with Gasteiger partial charge >= 0.3 is 0 Å². The molecule has 1 rings (SSSR count). The second kappa shape index (κ2) is 3.52. The minimum Gasteiger partial charge on any atom is -0.316 e. The van der Waals surface area contributed by atoms with Gasteiger partial charge in [0.25, 0.3) is 0 Å². The van der Waals surface area contributed by atoms with Crippen molar-refractivity contribution in [1.29, 1.82) is 0 Å². The van der Waals surface area contributed by atoms with Crippen LogP contribution in [0.25, 0.3) is 0 Å². The SMILES string of the molecule is CCN1C=NC(=C(C)C)C1=NC. The van der Waals surface area contributed by atoms with Crippen molar-refractivity contribution in [3.05, 3.63) is 11.3 Å². The first kappa shape index (κ1) is 8.97. The highest BCUT2D eigenvalue weighted by Gasteiger charge is 2.18. The van der Waals surface area contributed by atoms with Gasteiger partial charge in [-0.3, -0.25) is 4.99 Å². The zero-order chi connectivity index (χ0) is 9.14. The average Bonchev–Trinajstić information content (AvgIpc) is 2.46. The molecule has 0 aliphatic carbocycles. The molecular weight excluding hydrogens is 150 g/mol. The first-order valence-corrected chi connectivity index (χ1v) is 4.16. The maximum atomic E-state index is 4.29. The molecule has 66 valence electrons. The largest absolute Gasteiger partial charge is 0.316 e. The summed E-state index contributed by atoms with van der Waals surface area (Å²) in [6.45, 7) is 7.12. The third kappa shape index (κ3) is 1.40. The van der Waals surface area contributed by atoms with Crippen molar-refractivity contribution in [2.24, 2.45) is 9.98 Å². The van der Waals surface area contributed by atoms with Crippen LogP contribution >= 0.6 is 0 Å². The fourth-order valence-corrected chi connectivity index (χ4v) is 1.19. The fraction of sp³-hybridized carbons (Fsp3) is 0.556. The monoisotopic (exact) mass is 165 g/mol. The van der Waals surface area contributed by atoms with E-state index in [1.165, 1.54) is 5.57 Å². The number of nitrogens with zero attached hydrogens (tertiary/aromatic N) is 3. The molecule has 0 N–H and O–H groups in total. The molecule has 0 saturated heterocycles. The van der Waals surface area contributed by atoms with Crippen LogP contribution in [-0.2, 0) is 0 Å². The van der Waals surface area contributed by atoms with Crippen LogP contribution in [0, 0.1) is 0 Å². The van der Waals surface area contributed by atoms with Crippen LogP contribution in [0.1, 0.15) is 20.8 Å². The Morgan fingerprint density at radius 3 is 2.67 bits per heavy atom. The van der Waals surface area contributed by atoms with E-state index in [9.17, 15) is 0 Å². The van der Waals surface area contributed by atoms with Gasteiger partial charge in [0.05, 0.1) is 6.34 Å². The summed E-state index contributed by atoms with van der Waals surface area (Å²) in [4.78, 5) is 10.5. The first-order valence-electron chi connectivity index (χ1n) is 4.16. The summed E-state index contributed by atoms with van der Waals surface area (Å²) >= 11 is 0. The zero-order valence-corrected chi connectivity index (χ0v) is 8.13. The number of likely N-dealkylation sites (N-methyl/N-ethyl adjacent to an activating group) is 1. The second-order valence-corrected chi connectivity index (χ2v) is 2.93. The van der Waals surface area contributed by atoms with Gasteiger partial charge in [0, 0.05) is 13.6 Å². The minimum atomic E-state index is 0.924. The number of hydrogen-bond donors (Lipinski definition) is 0. The van der Waals surface area contributed by atoms with E-state index in [2.05, 4.69) is 30.8 Å². The molecule has 3 nitrogen and oxygen atoms in total. The van der Waals surface area contributed by atoms with Gasteiger partial charge in [-0.15, -0.1) is 0 Å². The lowest BCUT2D eigenvalue weighted by atomic mass is 10.2. The molecule has 0 bridgehead atoms. The molecule has 0 aromatic rings. The normalized spacial score (nSPS) is 19.5. The maximum Gasteiger partial charge on any atom is 0.154 e. The quantitative estimate of drug-likeness (QED) is 0.581. The van der Waals surface area contributed by atoms with Gasteiger partial charge in [-0.2, -0.15) is 0 Å². The van der Waals surface area contributed by atoms with Crippen molar-refractivity contribution in [2.45, 2.75) is 20.8 Å². The average molecular weight is 165 g/mol. The van der Waals surface area contributed by atoms with Gasteiger partial charge in [-0.25, -0.2) is 4.99 Å². The Hall–Kier alpha value is -1.12. The summed E-state index contributed by atoms with van der Waals surface area (Å²) in [5, 5.41) is 0. The highest BCUT2D eigenvalue weighted by molar-refractivity contribution is 6.09. The van der Waals surface area contributed by atoms with E-state index in [0.29, 0.717) is 0 Å². The molecule has 0 aromatic heterocycles. The van der Waals surface area contributed by atoms with Gasteiger partial charge in [0.15, 0.2) is 5.84 Å². The molecule has 1 aliphatic rings. The molecular formula is C9H15N3. The van der Waals surface area contributed by atoms with E-state index in [4.69, 9.17) is 0 Å². The van der Waals surface area contributed by atoms with Gasteiger partial charge < -0.3 is 4.90 Å². The van der Waals surface area contributed by atoms with Crippen molar-refractivity contribution < 1.29 is 0 Å². The summed E-state index contributed by atoms with van der Waals surface area (Å²) in [6, 6.07) is 0. The van der Waals surface area contributed by atoms with E-state index in [1.54, 1.807) is 7.05 Å². The number of amidine groups is 1. The molecule has 0 radical (unpaired) electrons. The molecule has 1 heterocycles. The first-order chi connectivity index (χ1) is 5.70. The third-order valence-electron chi connectivity index (χ3n) is 1.84. The smallest absolute Gasteiger partial charge is 0.154 e. The number of aliphatic imine (C=N–C) groups is 2. The lowest BCUT2D eigenvalue weighted by Crippen LogP contribution is -2.25. The van der Waals surface area contributed by atoms with E-state index >= 15 is 0 Å². The van der Waals surface area contributed by atoms with Gasteiger partial charge in [0.2, 0.25) is 0 Å². The van der Waals surface area contributed by atoms with Gasteiger partial charge in [0.1, 0.15) is 5.70 Å². The van der Waals surface area contributed by atoms with Crippen molar-refractivity contribution in [3.8, 4) is 0 Å². The van der Waals surface area contributed by atoms with Crippen LogP contribution in [0.15, 0.2) is 21.3 Å². The Balaban J connectivity index is 3.00. The highest BCUT2D eigenvalue weighted by atomic mass is 15.3. The zero-order valence-electron chi connectivity index (χ0n) is 8.13. The molecule has 0 aromatic carbocycles. The van der Waals surface area contributed by atoms with E-state index in [1.807, 2.05) is 11.2 Å². The Labute approximate surface area is 73.5 Å². The molecule has 0 amide bonds. The van der Waals surface area contributed by atoms with Crippen LogP contribution in [-0.4, -0.2) is 30.7 Å². The lowest BCUT2D eigenvalue weighted by Gasteiger charge is -2.12. The van der Waals surface area contributed by atoms with Crippen LogP contribution in [0.4, 0.5) is 0 Å². The fourth-order valence-electron chi connectivity index (χ4n) is 1.19. The molecule has 0 saturated carbocycles. The summed E-state index contributed by atoms with van der Waals surface area (Å²) in [7, 11) is 1.80. The summed E-state index contributed by atoms with van der Waals surface area (Å²) in [6.07, 6.45) is 1.84. The number of rotatable bonds is 1. The molecule has 1 aliphatic heterocycles. The number of hydrogen-bond acceptors (Lipinski definition) is 2. The molecule has 0 fully saturated rings. The Morgan fingerprint density at radius 2 is 2.25 bits per heavy atom. The van der Waals surface area contributed by atoms with Crippen LogP contribution in [0.3, 0.4) is 0 Å². The van der Waals surface area contributed by atoms with E-state index in [-0.39, 0.29) is 0 Å². The third-order valence-corrected chi connectivity index (χ3v) is 1.84. The standard InChI is InChI=1S/C9H15N3/c1-5-12-6-11-8(7(2)3)9(12)10-4/h6H,5H2,1-4H3. The summed E-state index contributed by atoms with van der Waals surface area (Å²) in [5.74, 6) is 0.984. The van der Waals surface area contributed by atoms with E-state index in [0.717, 1.165) is 18.1 Å². The van der Waals surface area contributed by atoms with Gasteiger partial charge in [-0.1, -0.05) is 0 Å². The summed E-state index contributed by atoms with van der Waals surface area (Å²) in [5.41, 5.74) is 2.22. The minimum absolute atomic E-state index is 0.924. The van der Waals surface area contributed by atoms with E-state index < -0.39 is 0 Å². The lowest BCUT2D eigenvalue weighted by molar-refractivity contribution is 0.673. The van der Waals surface area contributed by atoms with Crippen LogP contribution < -0.4 is 0 Å². The summed E-state index contributed by atoms with van der Waals surface area (Å²) < 4.78 is 0. The van der Waals surface area contributed by atoms with Crippen LogP contribution in [0.5, 0.6) is 0 Å². The van der Waals surface area contributed by atoms with Crippen molar-refractivity contribution in [3.63, 3.8) is 0 Å². The Kier molecular flexibility index (Phi) is 2.63.